The summed E-state index contributed by atoms with van der Waals surface area (Å²) in [5.74, 6) is 1.45. The Hall–Kier alpha value is -3.09. The minimum absolute atomic E-state index is 0.0128. The number of hydrogen-bond acceptors (Lipinski definition) is 5. The van der Waals surface area contributed by atoms with Crippen molar-refractivity contribution in [3.8, 4) is 11.6 Å². The first-order valence-electron chi connectivity index (χ1n) is 12.0. The second-order valence-electron chi connectivity index (χ2n) is 8.85. The topological polar surface area (TPSA) is 63.7 Å². The number of nitrogens with zero attached hydrogens (tertiary/aromatic N) is 2. The average molecular weight is 494 g/mol. The van der Waals surface area contributed by atoms with Crippen molar-refractivity contribution in [3.05, 3.63) is 88.6 Å². The SMILES string of the molecule is COc1ccc(C(NC(=O)C2CCN(CCOc3ccc(Cl)cc3)CC2)c2ccccc2C)cn1. The molecule has 0 aliphatic carbocycles. The van der Waals surface area contributed by atoms with E-state index in [9.17, 15) is 4.79 Å². The Balaban J connectivity index is 1.33. The molecule has 0 saturated carbocycles. The van der Waals surface area contributed by atoms with E-state index in [1.165, 1.54) is 0 Å². The maximum Gasteiger partial charge on any atom is 0.223 e. The minimum Gasteiger partial charge on any atom is -0.492 e. The second-order valence-corrected chi connectivity index (χ2v) is 9.29. The van der Waals surface area contributed by atoms with Gasteiger partial charge in [-0.1, -0.05) is 35.9 Å². The number of likely N-dealkylation sites (tertiary alicyclic amines) is 1. The number of nitrogens with one attached hydrogen (secondary N) is 1. The highest BCUT2D eigenvalue weighted by molar-refractivity contribution is 6.30. The van der Waals surface area contributed by atoms with Crippen molar-refractivity contribution in [2.45, 2.75) is 25.8 Å². The van der Waals surface area contributed by atoms with Crippen molar-refractivity contribution in [1.82, 2.24) is 15.2 Å². The first kappa shape index (κ1) is 25.0. The molecule has 1 atom stereocenters. The molecule has 184 valence electrons. The Morgan fingerprint density at radius 1 is 1.11 bits per heavy atom. The van der Waals surface area contributed by atoms with Crippen LogP contribution in [0.5, 0.6) is 11.6 Å². The normalized spacial score (nSPS) is 15.4. The van der Waals surface area contributed by atoms with E-state index in [2.05, 4.69) is 34.3 Å². The second kappa shape index (κ2) is 12.0. The molecule has 1 aliphatic rings. The van der Waals surface area contributed by atoms with Gasteiger partial charge >= 0.3 is 0 Å². The van der Waals surface area contributed by atoms with Crippen LogP contribution in [0.25, 0.3) is 0 Å². The van der Waals surface area contributed by atoms with E-state index in [1.807, 2.05) is 48.5 Å². The summed E-state index contributed by atoms with van der Waals surface area (Å²) in [6, 6.07) is 19.1. The molecule has 1 unspecified atom stereocenters. The molecule has 1 fully saturated rings. The van der Waals surface area contributed by atoms with E-state index in [1.54, 1.807) is 13.3 Å². The van der Waals surface area contributed by atoms with Gasteiger partial charge in [0.15, 0.2) is 0 Å². The van der Waals surface area contributed by atoms with Gasteiger partial charge in [-0.3, -0.25) is 9.69 Å². The number of benzene rings is 2. The Bertz CT molecular complexity index is 1100. The maximum absolute atomic E-state index is 13.3. The van der Waals surface area contributed by atoms with Crippen molar-refractivity contribution in [2.24, 2.45) is 5.92 Å². The van der Waals surface area contributed by atoms with Gasteiger partial charge in [-0.2, -0.15) is 0 Å². The molecule has 35 heavy (non-hydrogen) atoms. The number of amides is 1. The highest BCUT2D eigenvalue weighted by atomic mass is 35.5. The molecule has 1 saturated heterocycles. The summed E-state index contributed by atoms with van der Waals surface area (Å²) in [4.78, 5) is 20.0. The lowest BCUT2D eigenvalue weighted by molar-refractivity contribution is -0.127. The zero-order valence-electron chi connectivity index (χ0n) is 20.2. The lowest BCUT2D eigenvalue weighted by atomic mass is 9.92. The molecule has 0 radical (unpaired) electrons. The summed E-state index contributed by atoms with van der Waals surface area (Å²) in [7, 11) is 1.60. The number of piperidine rings is 1. The van der Waals surface area contributed by atoms with Gasteiger partial charge in [0.1, 0.15) is 12.4 Å². The number of aryl methyl sites for hydroxylation is 1. The quantitative estimate of drug-likeness (QED) is 0.452. The molecule has 1 aromatic heterocycles. The molecule has 0 spiro atoms. The zero-order chi connectivity index (χ0) is 24.6. The number of ether oxygens (including phenoxy) is 2. The summed E-state index contributed by atoms with van der Waals surface area (Å²) < 4.78 is 11.0. The highest BCUT2D eigenvalue weighted by Crippen LogP contribution is 2.27. The van der Waals surface area contributed by atoms with E-state index >= 15 is 0 Å². The third-order valence-corrected chi connectivity index (χ3v) is 6.79. The molecule has 1 aliphatic heterocycles. The fourth-order valence-electron chi connectivity index (χ4n) is 4.44. The van der Waals surface area contributed by atoms with Gasteiger partial charge < -0.3 is 14.8 Å². The molecule has 7 heteroatoms. The molecular formula is C28H32ClN3O3. The zero-order valence-corrected chi connectivity index (χ0v) is 21.0. The van der Waals surface area contributed by atoms with Crippen LogP contribution < -0.4 is 14.8 Å². The summed E-state index contributed by atoms with van der Waals surface area (Å²) in [5.41, 5.74) is 3.14. The average Bonchev–Trinajstić information content (AvgIpc) is 2.89. The first-order valence-corrected chi connectivity index (χ1v) is 12.4. The monoisotopic (exact) mass is 493 g/mol. The number of carbonyl (C=O) groups excluding carboxylic acids is 1. The number of methoxy groups -OCH3 is 1. The van der Waals surface area contributed by atoms with Crippen molar-refractivity contribution in [1.29, 1.82) is 0 Å². The van der Waals surface area contributed by atoms with Crippen LogP contribution in [0, 0.1) is 12.8 Å². The first-order chi connectivity index (χ1) is 17.0. The number of pyridine rings is 1. The van der Waals surface area contributed by atoms with E-state index in [4.69, 9.17) is 21.1 Å². The molecule has 2 heterocycles. The molecular weight excluding hydrogens is 462 g/mol. The molecule has 1 amide bonds. The molecule has 4 rings (SSSR count). The molecule has 1 N–H and O–H groups in total. The van der Waals surface area contributed by atoms with Crippen molar-refractivity contribution >= 4 is 17.5 Å². The fraction of sp³-hybridized carbons (Fsp3) is 0.357. The number of carbonyl (C=O) groups is 1. The van der Waals surface area contributed by atoms with Gasteiger partial charge in [-0.25, -0.2) is 4.98 Å². The summed E-state index contributed by atoms with van der Waals surface area (Å²) in [5, 5.41) is 4.01. The molecule has 0 bridgehead atoms. The summed E-state index contributed by atoms with van der Waals surface area (Å²) in [6.45, 7) is 5.26. The van der Waals surface area contributed by atoms with Gasteiger partial charge in [0, 0.05) is 29.7 Å². The Labute approximate surface area is 212 Å². The van der Waals surface area contributed by atoms with Crippen LogP contribution in [0.1, 0.15) is 35.6 Å². The van der Waals surface area contributed by atoms with Crippen LogP contribution in [0.15, 0.2) is 66.9 Å². The van der Waals surface area contributed by atoms with E-state index < -0.39 is 0 Å². The third kappa shape index (κ3) is 6.74. The predicted octanol–water partition coefficient (Wildman–Crippen LogP) is 5.05. The van der Waals surface area contributed by atoms with Gasteiger partial charge in [0.05, 0.1) is 13.2 Å². The van der Waals surface area contributed by atoms with Crippen LogP contribution in [-0.4, -0.2) is 49.1 Å². The Morgan fingerprint density at radius 3 is 2.51 bits per heavy atom. The third-order valence-electron chi connectivity index (χ3n) is 6.54. The van der Waals surface area contributed by atoms with Crippen molar-refractivity contribution < 1.29 is 14.3 Å². The van der Waals surface area contributed by atoms with E-state index in [0.29, 0.717) is 17.5 Å². The number of rotatable bonds is 9. The lowest BCUT2D eigenvalue weighted by Crippen LogP contribution is -2.42. The summed E-state index contributed by atoms with van der Waals surface area (Å²) in [6.07, 6.45) is 3.43. The lowest BCUT2D eigenvalue weighted by Gasteiger charge is -2.32. The van der Waals surface area contributed by atoms with Gasteiger partial charge in [-0.05, 0) is 79.9 Å². The van der Waals surface area contributed by atoms with Crippen molar-refractivity contribution in [2.75, 3.05) is 33.4 Å². The molecule has 2 aromatic carbocycles. The Morgan fingerprint density at radius 2 is 1.86 bits per heavy atom. The fourth-order valence-corrected chi connectivity index (χ4v) is 4.56. The van der Waals surface area contributed by atoms with Crippen LogP contribution >= 0.6 is 11.6 Å². The van der Waals surface area contributed by atoms with Gasteiger partial charge in [0.2, 0.25) is 11.8 Å². The standard InChI is InChI=1S/C28H32ClN3O3/c1-20-5-3-4-6-25(20)27(22-7-12-26(34-2)30-19-22)31-28(33)21-13-15-32(16-14-21)17-18-35-24-10-8-23(29)9-11-24/h3-12,19,21,27H,13-18H2,1-2H3,(H,31,33). The highest BCUT2D eigenvalue weighted by Gasteiger charge is 2.28. The van der Waals surface area contributed by atoms with E-state index in [-0.39, 0.29) is 17.9 Å². The smallest absolute Gasteiger partial charge is 0.223 e. The number of halogens is 1. The Kier molecular flexibility index (Phi) is 8.61. The van der Waals surface area contributed by atoms with Crippen LogP contribution in [0.2, 0.25) is 5.02 Å². The van der Waals surface area contributed by atoms with Crippen LogP contribution in [-0.2, 0) is 4.79 Å². The predicted molar refractivity (Wildman–Crippen MR) is 138 cm³/mol. The van der Waals surface area contributed by atoms with Crippen molar-refractivity contribution in [3.63, 3.8) is 0 Å². The molecule has 3 aromatic rings. The van der Waals surface area contributed by atoms with Crippen LogP contribution in [0.3, 0.4) is 0 Å². The van der Waals surface area contributed by atoms with Gasteiger partial charge in [-0.15, -0.1) is 0 Å². The van der Waals surface area contributed by atoms with Gasteiger partial charge in [0.25, 0.3) is 0 Å². The summed E-state index contributed by atoms with van der Waals surface area (Å²) >= 11 is 5.92. The number of aromatic nitrogens is 1. The maximum atomic E-state index is 13.3. The van der Waals surface area contributed by atoms with E-state index in [0.717, 1.165) is 54.9 Å². The molecule has 6 nitrogen and oxygen atoms in total. The van der Waals surface area contributed by atoms with Crippen LogP contribution in [0.4, 0.5) is 0 Å². The minimum atomic E-state index is -0.257. The largest absolute Gasteiger partial charge is 0.492 e. The number of hydrogen-bond donors (Lipinski definition) is 1.